The molecule has 0 fully saturated rings. The Morgan fingerprint density at radius 2 is 0.475 bits per heavy atom. The molecule has 0 rings (SSSR count). The van der Waals surface area contributed by atoms with Gasteiger partial charge in [0, 0.05) is 18.3 Å². The molecular weight excluding hydrogens is 581 g/mol. The molecule has 6 N–H and O–H groups in total. The summed E-state index contributed by atoms with van der Waals surface area (Å²) in [6.45, 7) is 40.4. The van der Waals surface area contributed by atoms with Crippen LogP contribution in [0.25, 0.3) is 0 Å². The van der Waals surface area contributed by atoms with E-state index in [-0.39, 0.29) is 49.0 Å². The van der Waals surface area contributed by atoms with Gasteiger partial charge in [0.05, 0.1) is 18.3 Å². The van der Waals surface area contributed by atoms with E-state index in [0.29, 0.717) is 19.3 Å². The summed E-state index contributed by atoms with van der Waals surface area (Å²) >= 11 is 0. The second kappa shape index (κ2) is 18.0. The van der Waals surface area contributed by atoms with E-state index in [1.807, 2.05) is 104 Å². The zero-order chi connectivity index (χ0) is 32.6. The van der Waals surface area contributed by atoms with E-state index >= 15 is 0 Å². The van der Waals surface area contributed by atoms with Crippen molar-refractivity contribution in [2.75, 3.05) is 0 Å². The molecule has 6 nitrogen and oxygen atoms in total. The molecular formula is C33H69O6Y. The minimum atomic E-state index is -0.554. The Labute approximate surface area is 275 Å². The molecule has 40 heavy (non-hydrogen) atoms. The maximum Gasteiger partial charge on any atom is 3.00 e. The molecule has 0 aromatic carbocycles. The van der Waals surface area contributed by atoms with Crippen molar-refractivity contribution >= 4 is 0 Å². The van der Waals surface area contributed by atoms with Crippen LogP contribution in [0.15, 0.2) is 0 Å². The molecule has 0 amide bonds. The van der Waals surface area contributed by atoms with Crippen LogP contribution < -0.4 is 0 Å². The van der Waals surface area contributed by atoms with Crippen molar-refractivity contribution < 1.29 is 63.3 Å². The first-order valence-corrected chi connectivity index (χ1v) is 14.3. The standard InChI is InChI=1S/3C11H23O2.Y/c3*1-10(2,3)8(12)7-9(13)11(4,5)6;/h3*8-9,12-13H,1,7H2,2-6H3;/q3*-1;+3. The molecule has 0 aromatic rings. The fraction of sp³-hybridized carbons (Fsp3) is 0.909. The number of rotatable bonds is 9. The molecule has 0 saturated carbocycles. The molecule has 0 aromatic heterocycles. The van der Waals surface area contributed by atoms with Crippen LogP contribution in [0.5, 0.6) is 0 Å². The van der Waals surface area contributed by atoms with Crippen LogP contribution in [0.3, 0.4) is 0 Å². The van der Waals surface area contributed by atoms with Gasteiger partial charge in [-0.15, -0.1) is 16.2 Å². The fourth-order valence-electron chi connectivity index (χ4n) is 2.65. The molecule has 0 saturated heterocycles. The van der Waals surface area contributed by atoms with Gasteiger partial charge in [0.2, 0.25) is 0 Å². The monoisotopic (exact) mass is 650 g/mol. The second-order valence-electron chi connectivity index (χ2n) is 16.9. The molecule has 0 spiro atoms. The first kappa shape index (κ1) is 47.8. The van der Waals surface area contributed by atoms with Gasteiger partial charge in [-0.2, -0.15) is 0 Å². The summed E-state index contributed by atoms with van der Waals surface area (Å²) in [5.74, 6) is 0. The summed E-state index contributed by atoms with van der Waals surface area (Å²) in [6, 6.07) is 0. The van der Waals surface area contributed by atoms with E-state index < -0.39 is 52.9 Å². The van der Waals surface area contributed by atoms with E-state index in [2.05, 4.69) is 20.8 Å². The summed E-state index contributed by atoms with van der Waals surface area (Å²) < 4.78 is 0. The molecule has 7 heteroatoms. The van der Waals surface area contributed by atoms with E-state index in [9.17, 15) is 30.6 Å². The summed E-state index contributed by atoms with van der Waals surface area (Å²) in [7, 11) is 0. The largest absolute Gasteiger partial charge is 3.00 e. The van der Waals surface area contributed by atoms with Crippen LogP contribution in [0.4, 0.5) is 0 Å². The molecule has 0 radical (unpaired) electrons. The van der Waals surface area contributed by atoms with Crippen molar-refractivity contribution in [3.05, 3.63) is 20.8 Å². The first-order valence-electron chi connectivity index (χ1n) is 14.3. The van der Waals surface area contributed by atoms with Gasteiger partial charge in [0.15, 0.2) is 0 Å². The topological polar surface area (TPSA) is 121 Å². The SMILES string of the molecule is [CH2-]C(C)(C)C(O)CC(O)C(C)(C)C.[CH2-]C(C)(C)C(O)CC(O)C(C)(C)C.[CH2-]C(C)(C)C(O)CC(O)C(C)(C)C.[Y+3]. The Morgan fingerprint density at radius 3 is 0.550 bits per heavy atom. The van der Waals surface area contributed by atoms with Crippen LogP contribution in [-0.4, -0.2) is 67.3 Å². The molecule has 0 bridgehead atoms. The third-order valence-electron chi connectivity index (χ3n) is 7.04. The van der Waals surface area contributed by atoms with Crippen LogP contribution in [0.1, 0.15) is 123 Å². The molecule has 6 atom stereocenters. The van der Waals surface area contributed by atoms with E-state index in [1.165, 1.54) is 0 Å². The zero-order valence-corrected chi connectivity index (χ0v) is 31.8. The molecule has 240 valence electrons. The third kappa shape index (κ3) is 23.3. The Morgan fingerprint density at radius 1 is 0.350 bits per heavy atom. The van der Waals surface area contributed by atoms with Crippen molar-refractivity contribution in [2.24, 2.45) is 32.5 Å². The predicted octanol–water partition coefficient (Wildman–Crippen LogP) is 6.01. The van der Waals surface area contributed by atoms with Gasteiger partial charge in [-0.05, 0) is 35.5 Å². The van der Waals surface area contributed by atoms with Crippen molar-refractivity contribution in [3.63, 3.8) is 0 Å². The van der Waals surface area contributed by atoms with Gasteiger partial charge < -0.3 is 51.4 Å². The Bertz CT molecular complexity index is 494. The maximum atomic E-state index is 9.73. The smallest absolute Gasteiger partial charge is 0.395 e. The zero-order valence-electron chi connectivity index (χ0n) is 29.0. The van der Waals surface area contributed by atoms with Crippen LogP contribution in [-0.2, 0) is 32.7 Å². The van der Waals surface area contributed by atoms with Gasteiger partial charge in [-0.25, -0.2) is 0 Å². The third-order valence-corrected chi connectivity index (χ3v) is 7.04. The van der Waals surface area contributed by atoms with E-state index in [0.717, 1.165) is 0 Å². The average molecular weight is 651 g/mol. The fourth-order valence-corrected chi connectivity index (χ4v) is 2.65. The minimum absolute atomic E-state index is 0. The summed E-state index contributed by atoms with van der Waals surface area (Å²) in [4.78, 5) is 0. The Balaban J connectivity index is -0.000000240. The molecule has 0 aliphatic carbocycles. The first-order chi connectivity index (χ1) is 16.6. The summed E-state index contributed by atoms with van der Waals surface area (Å²) in [5.41, 5.74) is -1.71. The van der Waals surface area contributed by atoms with Crippen LogP contribution in [0, 0.1) is 53.3 Å². The van der Waals surface area contributed by atoms with Gasteiger partial charge in [0.25, 0.3) is 0 Å². The summed E-state index contributed by atoms with van der Waals surface area (Å²) in [5, 5.41) is 58.3. The van der Waals surface area contributed by atoms with Crippen molar-refractivity contribution in [1.82, 2.24) is 0 Å². The van der Waals surface area contributed by atoms with Gasteiger partial charge in [-0.1, -0.05) is 104 Å². The second-order valence-corrected chi connectivity index (χ2v) is 16.9. The predicted molar refractivity (Wildman–Crippen MR) is 166 cm³/mol. The van der Waals surface area contributed by atoms with Crippen molar-refractivity contribution in [1.29, 1.82) is 0 Å². The van der Waals surface area contributed by atoms with Gasteiger partial charge in [0.1, 0.15) is 0 Å². The minimum Gasteiger partial charge on any atom is -0.395 e. The number of hydrogen-bond donors (Lipinski definition) is 6. The van der Waals surface area contributed by atoms with E-state index in [1.54, 1.807) is 0 Å². The van der Waals surface area contributed by atoms with E-state index in [4.69, 9.17) is 0 Å². The van der Waals surface area contributed by atoms with Crippen LogP contribution >= 0.6 is 0 Å². The van der Waals surface area contributed by atoms with Crippen molar-refractivity contribution in [3.8, 4) is 0 Å². The van der Waals surface area contributed by atoms with Gasteiger partial charge >= 0.3 is 32.7 Å². The number of hydrogen-bond acceptors (Lipinski definition) is 6. The Kier molecular flexibility index (Phi) is 21.5. The quantitative estimate of drug-likeness (QED) is 0.170. The summed E-state index contributed by atoms with van der Waals surface area (Å²) in [6.07, 6.45) is -1.94. The Hall–Kier alpha value is 0.864. The van der Waals surface area contributed by atoms with Crippen molar-refractivity contribution in [2.45, 2.75) is 160 Å². The van der Waals surface area contributed by atoms with Gasteiger partial charge in [-0.3, -0.25) is 0 Å². The average Bonchev–Trinajstić information content (AvgIpc) is 2.64. The molecule has 6 unspecified atom stereocenters. The number of aliphatic hydroxyl groups excluding tert-OH is 6. The van der Waals surface area contributed by atoms with Crippen LogP contribution in [0.2, 0.25) is 0 Å². The normalized spacial score (nSPS) is 18.0. The molecule has 0 aliphatic heterocycles. The number of aliphatic hydroxyl groups is 6. The maximum absolute atomic E-state index is 9.73. The molecule has 0 heterocycles. The molecule has 0 aliphatic rings.